The molecule has 0 saturated carbocycles. The van der Waals surface area contributed by atoms with Crippen molar-refractivity contribution < 1.29 is 5.11 Å². The van der Waals surface area contributed by atoms with E-state index in [4.69, 9.17) is 5.11 Å². The third-order valence-electron chi connectivity index (χ3n) is 1.68. The average Bonchev–Trinajstić information content (AvgIpc) is 2.19. The Morgan fingerprint density at radius 1 is 1.54 bits per heavy atom. The van der Waals surface area contributed by atoms with Crippen molar-refractivity contribution in [1.82, 2.24) is 9.97 Å². The Balaban J connectivity index is 2.46. The lowest BCUT2D eigenvalue weighted by Gasteiger charge is -2.04. The Labute approximate surface area is 78.0 Å². The highest BCUT2D eigenvalue weighted by atomic mass is 16.3. The SMILES string of the molecule is CCCCNc1ccnc(CO)n1. The molecule has 0 saturated heterocycles. The van der Waals surface area contributed by atoms with Gasteiger partial charge in [-0.15, -0.1) is 0 Å². The highest BCUT2D eigenvalue weighted by Gasteiger charge is 1.95. The van der Waals surface area contributed by atoms with Crippen LogP contribution < -0.4 is 5.32 Å². The second-order valence-electron chi connectivity index (χ2n) is 2.80. The molecular formula is C9H15N3O. The van der Waals surface area contributed by atoms with Crippen LogP contribution >= 0.6 is 0 Å². The fourth-order valence-electron chi connectivity index (χ4n) is 0.967. The summed E-state index contributed by atoms with van der Waals surface area (Å²) in [5.41, 5.74) is 0. The summed E-state index contributed by atoms with van der Waals surface area (Å²) in [4.78, 5) is 7.98. The Bertz CT molecular complexity index is 252. The lowest BCUT2D eigenvalue weighted by atomic mass is 10.3. The molecule has 0 fully saturated rings. The zero-order valence-electron chi connectivity index (χ0n) is 7.82. The van der Waals surface area contributed by atoms with Crippen molar-refractivity contribution in [3.8, 4) is 0 Å². The Morgan fingerprint density at radius 3 is 3.08 bits per heavy atom. The number of nitrogens with zero attached hydrogens (tertiary/aromatic N) is 2. The molecule has 0 spiro atoms. The molecule has 1 aromatic heterocycles. The Kier molecular flexibility index (Phi) is 4.18. The van der Waals surface area contributed by atoms with Crippen LogP contribution in [0, 0.1) is 0 Å². The molecule has 0 amide bonds. The summed E-state index contributed by atoms with van der Waals surface area (Å²) in [6, 6.07) is 1.80. The minimum atomic E-state index is -0.108. The van der Waals surface area contributed by atoms with Crippen molar-refractivity contribution in [1.29, 1.82) is 0 Å². The highest BCUT2D eigenvalue weighted by molar-refractivity contribution is 5.32. The van der Waals surface area contributed by atoms with Gasteiger partial charge in [0.1, 0.15) is 12.4 Å². The largest absolute Gasteiger partial charge is 0.388 e. The maximum Gasteiger partial charge on any atom is 0.156 e. The van der Waals surface area contributed by atoms with Crippen LogP contribution in [0.5, 0.6) is 0 Å². The topological polar surface area (TPSA) is 58.0 Å². The summed E-state index contributed by atoms with van der Waals surface area (Å²) in [5.74, 6) is 1.24. The number of rotatable bonds is 5. The molecule has 0 radical (unpaired) electrons. The minimum absolute atomic E-state index is 0.108. The third kappa shape index (κ3) is 3.38. The first kappa shape index (κ1) is 9.92. The Morgan fingerprint density at radius 2 is 2.38 bits per heavy atom. The van der Waals surface area contributed by atoms with Crippen LogP contribution in [0.4, 0.5) is 5.82 Å². The standard InChI is InChI=1S/C9H15N3O/c1-2-3-5-10-8-4-6-11-9(7-13)12-8/h4,6,13H,2-3,5,7H2,1H3,(H,10,11,12). The molecule has 0 aliphatic rings. The van der Waals surface area contributed by atoms with Crippen LogP contribution in [0.1, 0.15) is 25.6 Å². The van der Waals surface area contributed by atoms with Gasteiger partial charge in [0.05, 0.1) is 0 Å². The molecule has 4 nitrogen and oxygen atoms in total. The fourth-order valence-corrected chi connectivity index (χ4v) is 0.967. The van der Waals surface area contributed by atoms with Gasteiger partial charge in [-0.25, -0.2) is 9.97 Å². The molecule has 1 heterocycles. The predicted octanol–water partition coefficient (Wildman–Crippen LogP) is 1.18. The quantitative estimate of drug-likeness (QED) is 0.670. The monoisotopic (exact) mass is 181 g/mol. The van der Waals surface area contributed by atoms with Crippen LogP contribution in [0.2, 0.25) is 0 Å². The molecule has 1 aromatic rings. The first-order valence-corrected chi connectivity index (χ1v) is 4.53. The van der Waals surface area contributed by atoms with E-state index in [1.807, 2.05) is 0 Å². The van der Waals surface area contributed by atoms with Gasteiger partial charge in [0.15, 0.2) is 5.82 Å². The number of aliphatic hydroxyl groups excluding tert-OH is 1. The van der Waals surface area contributed by atoms with Crippen molar-refractivity contribution in [2.24, 2.45) is 0 Å². The maximum atomic E-state index is 8.78. The molecule has 0 aliphatic heterocycles. The lowest BCUT2D eigenvalue weighted by Crippen LogP contribution is -2.05. The number of hydrogen-bond acceptors (Lipinski definition) is 4. The van der Waals surface area contributed by atoms with Crippen molar-refractivity contribution in [2.45, 2.75) is 26.4 Å². The van der Waals surface area contributed by atoms with Crippen molar-refractivity contribution >= 4 is 5.82 Å². The van der Waals surface area contributed by atoms with Gasteiger partial charge in [-0.3, -0.25) is 0 Å². The average molecular weight is 181 g/mol. The number of unbranched alkanes of at least 4 members (excludes halogenated alkanes) is 1. The lowest BCUT2D eigenvalue weighted by molar-refractivity contribution is 0.271. The first-order valence-electron chi connectivity index (χ1n) is 4.53. The highest BCUT2D eigenvalue weighted by Crippen LogP contribution is 2.02. The molecule has 13 heavy (non-hydrogen) atoms. The molecule has 0 aliphatic carbocycles. The van der Waals surface area contributed by atoms with E-state index >= 15 is 0 Å². The van der Waals surface area contributed by atoms with E-state index in [0.717, 1.165) is 25.2 Å². The molecule has 0 atom stereocenters. The second-order valence-corrected chi connectivity index (χ2v) is 2.80. The van der Waals surface area contributed by atoms with Gasteiger partial charge < -0.3 is 10.4 Å². The van der Waals surface area contributed by atoms with Gasteiger partial charge in [0.2, 0.25) is 0 Å². The Hall–Kier alpha value is -1.16. The molecule has 72 valence electrons. The van der Waals surface area contributed by atoms with E-state index in [9.17, 15) is 0 Å². The van der Waals surface area contributed by atoms with Crippen molar-refractivity contribution in [3.63, 3.8) is 0 Å². The van der Waals surface area contributed by atoms with E-state index in [1.54, 1.807) is 12.3 Å². The maximum absolute atomic E-state index is 8.78. The van der Waals surface area contributed by atoms with Crippen LogP contribution in [0.15, 0.2) is 12.3 Å². The molecule has 0 unspecified atom stereocenters. The van der Waals surface area contributed by atoms with Gasteiger partial charge in [0, 0.05) is 12.7 Å². The molecule has 2 N–H and O–H groups in total. The van der Waals surface area contributed by atoms with Crippen molar-refractivity contribution in [2.75, 3.05) is 11.9 Å². The normalized spacial score (nSPS) is 10.0. The zero-order chi connectivity index (χ0) is 9.52. The van der Waals surface area contributed by atoms with Gasteiger partial charge in [-0.2, -0.15) is 0 Å². The molecule has 4 heteroatoms. The van der Waals surface area contributed by atoms with E-state index in [0.29, 0.717) is 5.82 Å². The van der Waals surface area contributed by atoms with Gasteiger partial charge >= 0.3 is 0 Å². The molecule has 1 rings (SSSR count). The number of nitrogens with one attached hydrogen (secondary N) is 1. The van der Waals surface area contributed by atoms with Crippen LogP contribution in [0.25, 0.3) is 0 Å². The summed E-state index contributed by atoms with van der Waals surface area (Å²) in [6.07, 6.45) is 3.93. The van der Waals surface area contributed by atoms with E-state index in [-0.39, 0.29) is 6.61 Å². The fraction of sp³-hybridized carbons (Fsp3) is 0.556. The van der Waals surface area contributed by atoms with Crippen LogP contribution in [-0.4, -0.2) is 21.6 Å². The minimum Gasteiger partial charge on any atom is -0.388 e. The van der Waals surface area contributed by atoms with Gasteiger partial charge in [-0.1, -0.05) is 13.3 Å². The van der Waals surface area contributed by atoms with E-state index < -0.39 is 0 Å². The summed E-state index contributed by atoms with van der Waals surface area (Å²) in [5, 5.41) is 11.9. The first-order chi connectivity index (χ1) is 6.36. The number of hydrogen-bond donors (Lipinski definition) is 2. The number of anilines is 1. The van der Waals surface area contributed by atoms with Gasteiger partial charge in [-0.05, 0) is 12.5 Å². The summed E-state index contributed by atoms with van der Waals surface area (Å²) >= 11 is 0. The molecule has 0 bridgehead atoms. The van der Waals surface area contributed by atoms with Crippen molar-refractivity contribution in [3.05, 3.63) is 18.1 Å². The molecule has 0 aromatic carbocycles. The predicted molar refractivity (Wildman–Crippen MR) is 51.4 cm³/mol. The summed E-state index contributed by atoms with van der Waals surface area (Å²) in [6.45, 7) is 2.95. The van der Waals surface area contributed by atoms with Crippen LogP contribution in [-0.2, 0) is 6.61 Å². The smallest absolute Gasteiger partial charge is 0.156 e. The van der Waals surface area contributed by atoms with E-state index in [2.05, 4.69) is 22.2 Å². The second kappa shape index (κ2) is 5.48. The number of aromatic nitrogens is 2. The summed E-state index contributed by atoms with van der Waals surface area (Å²) < 4.78 is 0. The number of aliphatic hydroxyl groups is 1. The molecular weight excluding hydrogens is 166 g/mol. The van der Waals surface area contributed by atoms with Gasteiger partial charge in [0.25, 0.3) is 0 Å². The summed E-state index contributed by atoms with van der Waals surface area (Å²) in [7, 11) is 0. The van der Waals surface area contributed by atoms with E-state index in [1.165, 1.54) is 0 Å². The van der Waals surface area contributed by atoms with Crippen LogP contribution in [0.3, 0.4) is 0 Å². The zero-order valence-corrected chi connectivity index (χ0v) is 7.82. The third-order valence-corrected chi connectivity index (χ3v) is 1.68.